The highest BCUT2D eigenvalue weighted by Gasteiger charge is 2.24. The highest BCUT2D eigenvalue weighted by atomic mass is 79.9. The summed E-state index contributed by atoms with van der Waals surface area (Å²) in [5.74, 6) is 0.733. The van der Waals surface area contributed by atoms with E-state index in [1.165, 1.54) is 19.3 Å². The fraction of sp³-hybridized carbons (Fsp3) is 0.538. The van der Waals surface area contributed by atoms with Crippen molar-refractivity contribution < 1.29 is 4.92 Å². The maximum Gasteiger partial charge on any atom is 0.273 e. The lowest BCUT2D eigenvalue weighted by molar-refractivity contribution is -0.385. The smallest absolute Gasteiger partial charge is 0.273 e. The summed E-state index contributed by atoms with van der Waals surface area (Å²) in [6.45, 7) is 2.71. The van der Waals surface area contributed by atoms with Crippen LogP contribution in [-0.4, -0.2) is 11.0 Å². The minimum absolute atomic E-state index is 0.187. The zero-order valence-electron chi connectivity index (χ0n) is 10.4. The van der Waals surface area contributed by atoms with Crippen LogP contribution in [0.4, 0.5) is 5.69 Å². The zero-order chi connectivity index (χ0) is 13.1. The summed E-state index contributed by atoms with van der Waals surface area (Å²) in [7, 11) is 0. The minimum Gasteiger partial charge on any atom is -0.310 e. The first-order valence-electron chi connectivity index (χ1n) is 6.24. The molecule has 2 rings (SSSR count). The van der Waals surface area contributed by atoms with Gasteiger partial charge in [-0.2, -0.15) is 0 Å². The van der Waals surface area contributed by atoms with Crippen molar-refractivity contribution in [2.24, 2.45) is 5.92 Å². The maximum atomic E-state index is 10.9. The average molecular weight is 313 g/mol. The Morgan fingerprint density at radius 1 is 1.56 bits per heavy atom. The third kappa shape index (κ3) is 3.09. The number of halogens is 1. The third-order valence-electron chi connectivity index (χ3n) is 3.71. The number of nitrogens with zero attached hydrogens (tertiary/aromatic N) is 1. The van der Waals surface area contributed by atoms with Crippen molar-refractivity contribution in [3.63, 3.8) is 0 Å². The predicted octanol–water partition coefficient (Wildman–Crippen LogP) is 3.64. The Labute approximate surface area is 115 Å². The second kappa shape index (κ2) is 5.80. The monoisotopic (exact) mass is 312 g/mol. The molecule has 4 nitrogen and oxygen atoms in total. The van der Waals surface area contributed by atoms with Gasteiger partial charge < -0.3 is 5.32 Å². The Balaban J connectivity index is 2.02. The summed E-state index contributed by atoms with van der Waals surface area (Å²) >= 11 is 3.36. The van der Waals surface area contributed by atoms with Crippen LogP contribution in [0.15, 0.2) is 22.7 Å². The Morgan fingerprint density at radius 3 is 2.83 bits per heavy atom. The van der Waals surface area contributed by atoms with E-state index in [-0.39, 0.29) is 10.6 Å². The molecule has 1 aromatic carbocycles. The van der Waals surface area contributed by atoms with Crippen molar-refractivity contribution in [2.75, 3.05) is 0 Å². The van der Waals surface area contributed by atoms with Gasteiger partial charge in [-0.15, -0.1) is 0 Å². The molecule has 18 heavy (non-hydrogen) atoms. The normalized spacial score (nSPS) is 17.2. The molecule has 0 heterocycles. The van der Waals surface area contributed by atoms with Crippen LogP contribution in [0.3, 0.4) is 0 Å². The van der Waals surface area contributed by atoms with Gasteiger partial charge in [0.15, 0.2) is 0 Å². The lowest BCUT2D eigenvalue weighted by Gasteiger charge is -2.32. The second-order valence-corrected chi connectivity index (χ2v) is 5.81. The fourth-order valence-corrected chi connectivity index (χ4v) is 2.66. The highest BCUT2D eigenvalue weighted by Crippen LogP contribution is 2.30. The SMILES string of the molecule is CC(NCc1cc(Br)ccc1[N+](=O)[O-])C1CCC1. The molecule has 1 fully saturated rings. The fourth-order valence-electron chi connectivity index (χ4n) is 2.25. The van der Waals surface area contributed by atoms with Crippen LogP contribution >= 0.6 is 15.9 Å². The standard InChI is InChI=1S/C13H17BrN2O2/c1-9(10-3-2-4-10)15-8-11-7-12(14)5-6-13(11)16(17)18/h5-7,9-10,15H,2-4,8H2,1H3. The molecule has 0 bridgehead atoms. The first-order chi connectivity index (χ1) is 8.58. The van der Waals surface area contributed by atoms with Gasteiger partial charge in [0.1, 0.15) is 0 Å². The molecular formula is C13H17BrN2O2. The number of hydrogen-bond donors (Lipinski definition) is 1. The van der Waals surface area contributed by atoms with Crippen LogP contribution < -0.4 is 5.32 Å². The summed E-state index contributed by atoms with van der Waals surface area (Å²) < 4.78 is 0.876. The molecule has 0 saturated heterocycles. The summed E-state index contributed by atoms with van der Waals surface area (Å²) in [6, 6.07) is 5.50. The molecule has 0 radical (unpaired) electrons. The first kappa shape index (κ1) is 13.5. The molecule has 1 atom stereocenters. The molecule has 0 amide bonds. The van der Waals surface area contributed by atoms with Gasteiger partial charge in [-0.1, -0.05) is 22.4 Å². The molecule has 98 valence electrons. The predicted molar refractivity (Wildman–Crippen MR) is 74.4 cm³/mol. The van der Waals surface area contributed by atoms with Crippen molar-refractivity contribution in [1.82, 2.24) is 5.32 Å². The summed E-state index contributed by atoms with van der Waals surface area (Å²) in [5.41, 5.74) is 0.923. The number of hydrogen-bond acceptors (Lipinski definition) is 3. The molecule has 1 aliphatic rings. The van der Waals surface area contributed by atoms with Gasteiger partial charge in [0, 0.05) is 28.7 Å². The van der Waals surface area contributed by atoms with E-state index in [9.17, 15) is 10.1 Å². The van der Waals surface area contributed by atoms with Crippen molar-refractivity contribution in [2.45, 2.75) is 38.8 Å². The van der Waals surface area contributed by atoms with E-state index in [1.54, 1.807) is 12.1 Å². The number of nitro benzene ring substituents is 1. The van der Waals surface area contributed by atoms with Crippen LogP contribution in [0.5, 0.6) is 0 Å². The van der Waals surface area contributed by atoms with Crippen LogP contribution in [0.25, 0.3) is 0 Å². The van der Waals surface area contributed by atoms with Gasteiger partial charge >= 0.3 is 0 Å². The largest absolute Gasteiger partial charge is 0.310 e. The molecule has 1 aliphatic carbocycles. The van der Waals surface area contributed by atoms with Crippen molar-refractivity contribution in [1.29, 1.82) is 0 Å². The number of nitro groups is 1. The topological polar surface area (TPSA) is 55.2 Å². The second-order valence-electron chi connectivity index (χ2n) is 4.89. The van der Waals surface area contributed by atoms with Gasteiger partial charge in [0.25, 0.3) is 5.69 Å². The Bertz CT molecular complexity index is 447. The molecule has 0 spiro atoms. The Morgan fingerprint density at radius 2 is 2.28 bits per heavy atom. The van der Waals surface area contributed by atoms with Crippen molar-refractivity contribution >= 4 is 21.6 Å². The van der Waals surface area contributed by atoms with E-state index in [1.807, 2.05) is 6.07 Å². The van der Waals surface area contributed by atoms with E-state index in [4.69, 9.17) is 0 Å². The molecule has 5 heteroatoms. The van der Waals surface area contributed by atoms with Crippen molar-refractivity contribution in [3.05, 3.63) is 38.3 Å². The van der Waals surface area contributed by atoms with E-state index < -0.39 is 0 Å². The van der Waals surface area contributed by atoms with Gasteiger partial charge in [0.2, 0.25) is 0 Å². The van der Waals surface area contributed by atoms with Gasteiger partial charge in [0.05, 0.1) is 4.92 Å². The number of benzene rings is 1. The van der Waals surface area contributed by atoms with E-state index in [2.05, 4.69) is 28.2 Å². The Hall–Kier alpha value is -0.940. The third-order valence-corrected chi connectivity index (χ3v) is 4.20. The molecular weight excluding hydrogens is 296 g/mol. The minimum atomic E-state index is -0.322. The van der Waals surface area contributed by atoms with Crippen LogP contribution in [-0.2, 0) is 6.54 Å². The Kier molecular flexibility index (Phi) is 4.35. The van der Waals surface area contributed by atoms with Gasteiger partial charge in [-0.05, 0) is 37.8 Å². The summed E-state index contributed by atoms with van der Waals surface area (Å²) in [6.07, 6.45) is 3.86. The number of rotatable bonds is 5. The lowest BCUT2D eigenvalue weighted by Crippen LogP contribution is -2.36. The van der Waals surface area contributed by atoms with Crippen molar-refractivity contribution in [3.8, 4) is 0 Å². The molecule has 1 unspecified atom stereocenters. The number of nitrogens with one attached hydrogen (secondary N) is 1. The first-order valence-corrected chi connectivity index (χ1v) is 7.03. The molecule has 1 N–H and O–H groups in total. The average Bonchev–Trinajstić information content (AvgIpc) is 2.23. The molecule has 0 aliphatic heterocycles. The maximum absolute atomic E-state index is 10.9. The molecule has 0 aromatic heterocycles. The summed E-state index contributed by atoms with van der Waals surface area (Å²) in [5, 5.41) is 14.3. The van der Waals surface area contributed by atoms with Gasteiger partial charge in [-0.25, -0.2) is 0 Å². The van der Waals surface area contributed by atoms with E-state index in [0.29, 0.717) is 12.6 Å². The highest BCUT2D eigenvalue weighted by molar-refractivity contribution is 9.10. The van der Waals surface area contributed by atoms with Crippen LogP contribution in [0, 0.1) is 16.0 Å². The lowest BCUT2D eigenvalue weighted by atomic mass is 9.80. The molecule has 1 saturated carbocycles. The molecule has 1 aromatic rings. The zero-order valence-corrected chi connectivity index (χ0v) is 11.9. The summed E-state index contributed by atoms with van der Waals surface area (Å²) in [4.78, 5) is 10.6. The van der Waals surface area contributed by atoms with Crippen LogP contribution in [0.1, 0.15) is 31.7 Å². The van der Waals surface area contributed by atoms with Crippen LogP contribution in [0.2, 0.25) is 0 Å². The van der Waals surface area contributed by atoms with Gasteiger partial charge in [-0.3, -0.25) is 10.1 Å². The quantitative estimate of drug-likeness (QED) is 0.667. The van der Waals surface area contributed by atoms with E-state index >= 15 is 0 Å². The van der Waals surface area contributed by atoms with E-state index in [0.717, 1.165) is 16.0 Å².